The average Bonchev–Trinajstić information content (AvgIpc) is 2.73. The van der Waals surface area contributed by atoms with Gasteiger partial charge in [0.15, 0.2) is 6.61 Å². The Morgan fingerprint density at radius 1 is 1.03 bits per heavy atom. The van der Waals surface area contributed by atoms with Gasteiger partial charge in [0, 0.05) is 32.7 Å². The Morgan fingerprint density at radius 2 is 1.67 bits per heavy atom. The van der Waals surface area contributed by atoms with Crippen molar-refractivity contribution in [1.82, 2.24) is 15.1 Å². The Hall–Kier alpha value is -2.58. The zero-order valence-electron chi connectivity index (χ0n) is 16.9. The molecule has 1 N–H and O–H groups in total. The third-order valence-corrected chi connectivity index (χ3v) is 5.13. The second kappa shape index (κ2) is 9.95. The number of alkyl halides is 3. The van der Waals surface area contributed by atoms with Crippen LogP contribution in [0.3, 0.4) is 0 Å². The number of nitrogens with one attached hydrogen (secondary N) is 1. The molecule has 3 rings (SSSR count). The first-order valence-corrected chi connectivity index (χ1v) is 9.87. The van der Waals surface area contributed by atoms with E-state index in [1.807, 2.05) is 30.3 Å². The van der Waals surface area contributed by atoms with E-state index in [0.717, 1.165) is 37.8 Å². The van der Waals surface area contributed by atoms with Gasteiger partial charge in [0.05, 0.1) is 11.6 Å². The van der Waals surface area contributed by atoms with E-state index in [1.54, 1.807) is 0 Å². The molecule has 1 atom stereocenters. The van der Waals surface area contributed by atoms with E-state index in [2.05, 4.69) is 22.2 Å². The lowest BCUT2D eigenvalue weighted by atomic mass is 10.1. The summed E-state index contributed by atoms with van der Waals surface area (Å²) in [5.74, 6) is -0.814. The van der Waals surface area contributed by atoms with Gasteiger partial charge in [-0.25, -0.2) is 0 Å². The lowest BCUT2D eigenvalue weighted by Crippen LogP contribution is -2.48. The van der Waals surface area contributed by atoms with Crippen molar-refractivity contribution in [3.63, 3.8) is 0 Å². The summed E-state index contributed by atoms with van der Waals surface area (Å²) in [4.78, 5) is 17.0. The predicted octanol–water partition coefficient (Wildman–Crippen LogP) is 3.19. The maximum absolute atomic E-state index is 13.1. The van der Waals surface area contributed by atoms with Crippen molar-refractivity contribution in [2.24, 2.45) is 0 Å². The number of carbonyl (C=O) groups is 1. The average molecular weight is 421 g/mol. The molecule has 2 aromatic carbocycles. The molecule has 1 aliphatic rings. The minimum Gasteiger partial charge on any atom is -0.483 e. The molecule has 0 spiro atoms. The van der Waals surface area contributed by atoms with Crippen LogP contribution in [0, 0.1) is 0 Å². The van der Waals surface area contributed by atoms with Gasteiger partial charge in [-0.2, -0.15) is 13.2 Å². The summed E-state index contributed by atoms with van der Waals surface area (Å²) < 4.78 is 44.5. The Bertz CT molecular complexity index is 822. The fraction of sp³-hybridized carbons (Fsp3) is 0.409. The SMILES string of the molecule is CN1CCN(CC(NC(=O)COc2ccccc2C(F)(F)F)c2ccccc2)CC1. The van der Waals surface area contributed by atoms with Crippen LogP contribution in [0.1, 0.15) is 17.2 Å². The van der Waals surface area contributed by atoms with Gasteiger partial charge >= 0.3 is 6.18 Å². The normalized spacial score (nSPS) is 16.8. The van der Waals surface area contributed by atoms with E-state index in [4.69, 9.17) is 4.74 Å². The van der Waals surface area contributed by atoms with Crippen LogP contribution in [-0.2, 0) is 11.0 Å². The zero-order chi connectivity index (χ0) is 21.6. The van der Waals surface area contributed by atoms with Gasteiger partial charge < -0.3 is 15.0 Å². The van der Waals surface area contributed by atoms with E-state index < -0.39 is 24.3 Å². The van der Waals surface area contributed by atoms with Gasteiger partial charge in [-0.15, -0.1) is 0 Å². The standard InChI is InChI=1S/C22H26F3N3O2/c1-27-11-13-28(14-12-27)15-19(17-7-3-2-4-8-17)26-21(29)16-30-20-10-6-5-9-18(20)22(23,24)25/h2-10,19H,11-16H2,1H3,(H,26,29). The van der Waals surface area contributed by atoms with E-state index >= 15 is 0 Å². The van der Waals surface area contributed by atoms with Crippen molar-refractivity contribution in [1.29, 1.82) is 0 Å². The number of amides is 1. The molecule has 2 aromatic rings. The molecule has 30 heavy (non-hydrogen) atoms. The number of hydrogen-bond acceptors (Lipinski definition) is 4. The summed E-state index contributed by atoms with van der Waals surface area (Å²) in [5, 5.41) is 2.92. The summed E-state index contributed by atoms with van der Waals surface area (Å²) in [6.45, 7) is 3.83. The van der Waals surface area contributed by atoms with Crippen molar-refractivity contribution in [3.05, 3.63) is 65.7 Å². The van der Waals surface area contributed by atoms with Crippen LogP contribution in [-0.4, -0.2) is 62.1 Å². The topological polar surface area (TPSA) is 44.8 Å². The van der Waals surface area contributed by atoms with Crippen LogP contribution in [0.25, 0.3) is 0 Å². The number of halogens is 3. The van der Waals surface area contributed by atoms with Gasteiger partial charge in [0.2, 0.25) is 0 Å². The van der Waals surface area contributed by atoms with Crippen molar-refractivity contribution in [3.8, 4) is 5.75 Å². The molecule has 8 heteroatoms. The van der Waals surface area contributed by atoms with Crippen molar-refractivity contribution in [2.45, 2.75) is 12.2 Å². The number of ether oxygens (including phenoxy) is 1. The third kappa shape index (κ3) is 6.21. The number of nitrogens with zero attached hydrogens (tertiary/aromatic N) is 2. The molecule has 1 saturated heterocycles. The third-order valence-electron chi connectivity index (χ3n) is 5.13. The van der Waals surface area contributed by atoms with Gasteiger partial charge in [0.25, 0.3) is 5.91 Å². The maximum Gasteiger partial charge on any atom is 0.419 e. The van der Waals surface area contributed by atoms with Crippen LogP contribution < -0.4 is 10.1 Å². The largest absolute Gasteiger partial charge is 0.483 e. The lowest BCUT2D eigenvalue weighted by Gasteiger charge is -2.35. The van der Waals surface area contributed by atoms with Crippen LogP contribution in [0.2, 0.25) is 0 Å². The highest BCUT2D eigenvalue weighted by atomic mass is 19.4. The smallest absolute Gasteiger partial charge is 0.419 e. The number of likely N-dealkylation sites (N-methyl/N-ethyl adjacent to an activating group) is 1. The van der Waals surface area contributed by atoms with Crippen molar-refractivity contribution in [2.75, 3.05) is 46.4 Å². The maximum atomic E-state index is 13.1. The monoisotopic (exact) mass is 421 g/mol. The summed E-state index contributed by atoms with van der Waals surface area (Å²) in [7, 11) is 2.07. The Kier molecular flexibility index (Phi) is 7.33. The van der Waals surface area contributed by atoms with Crippen LogP contribution >= 0.6 is 0 Å². The van der Waals surface area contributed by atoms with Crippen LogP contribution in [0.4, 0.5) is 13.2 Å². The molecule has 1 amide bonds. The van der Waals surface area contributed by atoms with Crippen molar-refractivity contribution < 1.29 is 22.7 Å². The summed E-state index contributed by atoms with van der Waals surface area (Å²) in [6, 6.07) is 14.2. The Morgan fingerprint density at radius 3 is 2.33 bits per heavy atom. The minimum atomic E-state index is -4.54. The highest BCUT2D eigenvalue weighted by Gasteiger charge is 2.34. The lowest BCUT2D eigenvalue weighted by molar-refractivity contribution is -0.139. The summed E-state index contributed by atoms with van der Waals surface area (Å²) in [5.41, 5.74) is 0.0512. The zero-order valence-corrected chi connectivity index (χ0v) is 16.9. The number of hydrogen-bond donors (Lipinski definition) is 1. The van der Waals surface area contributed by atoms with Crippen LogP contribution in [0.5, 0.6) is 5.75 Å². The molecule has 0 radical (unpaired) electrons. The molecule has 5 nitrogen and oxygen atoms in total. The number of piperazine rings is 1. The van der Waals surface area contributed by atoms with Crippen molar-refractivity contribution >= 4 is 5.91 Å². The van der Waals surface area contributed by atoms with E-state index in [9.17, 15) is 18.0 Å². The molecule has 162 valence electrons. The molecular formula is C22H26F3N3O2. The quantitative estimate of drug-likeness (QED) is 0.746. The fourth-order valence-corrected chi connectivity index (χ4v) is 3.41. The molecule has 0 aromatic heterocycles. The molecule has 1 heterocycles. The van der Waals surface area contributed by atoms with Gasteiger partial charge in [-0.05, 0) is 24.7 Å². The Balaban J connectivity index is 1.64. The molecule has 0 bridgehead atoms. The van der Waals surface area contributed by atoms with Gasteiger partial charge in [0.1, 0.15) is 5.75 Å². The molecule has 0 aliphatic carbocycles. The minimum absolute atomic E-state index is 0.274. The fourth-order valence-electron chi connectivity index (χ4n) is 3.41. The van der Waals surface area contributed by atoms with E-state index in [1.165, 1.54) is 18.2 Å². The second-order valence-electron chi connectivity index (χ2n) is 7.42. The first-order chi connectivity index (χ1) is 14.3. The number of carbonyl (C=O) groups excluding carboxylic acids is 1. The van der Waals surface area contributed by atoms with E-state index in [0.29, 0.717) is 6.54 Å². The summed E-state index contributed by atoms with van der Waals surface area (Å²) >= 11 is 0. The molecule has 1 fully saturated rings. The molecule has 1 unspecified atom stereocenters. The number of para-hydroxylation sites is 1. The van der Waals surface area contributed by atoms with Gasteiger partial charge in [-0.3, -0.25) is 9.69 Å². The molecular weight excluding hydrogens is 395 g/mol. The molecule has 0 saturated carbocycles. The second-order valence-corrected chi connectivity index (χ2v) is 7.42. The predicted molar refractivity (Wildman–Crippen MR) is 108 cm³/mol. The molecule has 1 aliphatic heterocycles. The van der Waals surface area contributed by atoms with Crippen LogP contribution in [0.15, 0.2) is 54.6 Å². The van der Waals surface area contributed by atoms with E-state index in [-0.39, 0.29) is 11.8 Å². The summed E-state index contributed by atoms with van der Waals surface area (Å²) in [6.07, 6.45) is -4.54. The number of rotatable bonds is 7. The van der Waals surface area contributed by atoms with Gasteiger partial charge in [-0.1, -0.05) is 42.5 Å². The first kappa shape index (κ1) is 22.1. The highest BCUT2D eigenvalue weighted by Crippen LogP contribution is 2.35. The Labute approximate surface area is 174 Å². The number of benzene rings is 2. The highest BCUT2D eigenvalue weighted by molar-refractivity contribution is 5.78. The first-order valence-electron chi connectivity index (χ1n) is 9.87.